The predicted molar refractivity (Wildman–Crippen MR) is 102 cm³/mol. The normalized spacial score (nSPS) is 13.3. The van der Waals surface area contributed by atoms with Crippen LogP contribution in [0.1, 0.15) is 17.0 Å². The molecule has 0 saturated heterocycles. The average molecular weight is 456 g/mol. The molecule has 3 aromatic rings. The van der Waals surface area contributed by atoms with Crippen LogP contribution in [0.3, 0.4) is 0 Å². The van der Waals surface area contributed by atoms with Crippen LogP contribution in [-0.2, 0) is 6.42 Å². The molecule has 0 aliphatic carbocycles. The Labute approximate surface area is 176 Å². The second-order valence-electron chi connectivity index (χ2n) is 6.23. The van der Waals surface area contributed by atoms with E-state index in [0.717, 1.165) is 6.07 Å². The van der Waals surface area contributed by atoms with Gasteiger partial charge in [-0.05, 0) is 23.8 Å². The minimum absolute atomic E-state index is 0.110. The monoisotopic (exact) mass is 456 g/mol. The molecule has 1 aliphatic heterocycles. The van der Waals surface area contributed by atoms with Gasteiger partial charge in [-0.1, -0.05) is 30.0 Å². The molecule has 162 valence electrons. The number of halogens is 5. The van der Waals surface area contributed by atoms with Crippen LogP contribution in [0, 0.1) is 5.82 Å². The Hall–Kier alpha value is -3.15. The van der Waals surface area contributed by atoms with Crippen molar-refractivity contribution in [2.75, 3.05) is 5.75 Å². The minimum atomic E-state index is -3.18. The highest BCUT2D eigenvalue weighted by molar-refractivity contribution is 7.99. The molecule has 0 fully saturated rings. The molecule has 1 aromatic heterocycles. The van der Waals surface area contributed by atoms with Crippen molar-refractivity contribution in [1.82, 2.24) is 14.9 Å². The Morgan fingerprint density at radius 1 is 1.00 bits per heavy atom. The number of nitrogens with zero attached hydrogens (tertiary/aromatic N) is 4. The van der Waals surface area contributed by atoms with Gasteiger partial charge >= 0.3 is 13.2 Å². The highest BCUT2D eigenvalue weighted by atomic mass is 32.2. The van der Waals surface area contributed by atoms with E-state index in [1.165, 1.54) is 34.6 Å². The predicted octanol–water partition coefficient (Wildman–Crippen LogP) is 4.57. The van der Waals surface area contributed by atoms with E-state index in [1.54, 1.807) is 18.2 Å². The Kier molecular flexibility index (Phi) is 6.07. The summed E-state index contributed by atoms with van der Waals surface area (Å²) >= 11 is 1.24. The van der Waals surface area contributed by atoms with Crippen LogP contribution in [0.2, 0.25) is 0 Å². The van der Waals surface area contributed by atoms with Crippen molar-refractivity contribution in [3.63, 3.8) is 0 Å². The first kappa shape index (κ1) is 21.1. The van der Waals surface area contributed by atoms with Gasteiger partial charge in [0.2, 0.25) is 5.16 Å². The van der Waals surface area contributed by atoms with Gasteiger partial charge in [0.25, 0.3) is 0 Å². The topological polar surface area (TPSA) is 61.5 Å². The van der Waals surface area contributed by atoms with Crippen molar-refractivity contribution in [1.29, 1.82) is 0 Å². The number of aromatic nitrogens is 3. The third kappa shape index (κ3) is 4.79. The summed E-state index contributed by atoms with van der Waals surface area (Å²) in [5, 5.41) is 12.9. The fourth-order valence-electron chi connectivity index (χ4n) is 2.93. The summed E-state index contributed by atoms with van der Waals surface area (Å²) in [7, 11) is 0. The van der Waals surface area contributed by atoms with Crippen molar-refractivity contribution in [2.45, 2.75) is 24.8 Å². The smallest absolute Gasteiger partial charge is 0.387 e. The third-order valence-electron chi connectivity index (χ3n) is 4.25. The molecule has 0 N–H and O–H groups in total. The van der Waals surface area contributed by atoms with Crippen LogP contribution in [0.15, 0.2) is 52.7 Å². The highest BCUT2D eigenvalue weighted by Gasteiger charge is 2.24. The quantitative estimate of drug-likeness (QED) is 0.488. The summed E-state index contributed by atoms with van der Waals surface area (Å²) in [5.41, 5.74) is 0.886. The Balaban J connectivity index is 1.69. The summed E-state index contributed by atoms with van der Waals surface area (Å²) < 4.78 is 74.8. The lowest BCUT2D eigenvalue weighted by Crippen LogP contribution is -2.17. The summed E-state index contributed by atoms with van der Waals surface area (Å²) in [6.07, 6.45) is 0.110. The molecule has 31 heavy (non-hydrogen) atoms. The Morgan fingerprint density at radius 2 is 1.77 bits per heavy atom. The van der Waals surface area contributed by atoms with Gasteiger partial charge in [-0.3, -0.25) is 0 Å². The van der Waals surface area contributed by atoms with Crippen LogP contribution >= 0.6 is 11.8 Å². The van der Waals surface area contributed by atoms with Crippen LogP contribution < -0.4 is 9.47 Å². The van der Waals surface area contributed by atoms with Gasteiger partial charge < -0.3 is 9.47 Å². The van der Waals surface area contributed by atoms with E-state index in [1.807, 2.05) is 0 Å². The van der Waals surface area contributed by atoms with Gasteiger partial charge in [0, 0.05) is 23.8 Å². The van der Waals surface area contributed by atoms with Gasteiger partial charge in [-0.15, -0.1) is 10.2 Å². The molecular formula is C19H13F5N4O2S. The first-order valence-corrected chi connectivity index (χ1v) is 9.81. The fourth-order valence-corrected chi connectivity index (χ4v) is 3.78. The van der Waals surface area contributed by atoms with Crippen LogP contribution in [0.25, 0.3) is 0 Å². The molecule has 0 amide bonds. The maximum atomic E-state index is 14.0. The molecule has 0 atom stereocenters. The fraction of sp³-hybridized carbons (Fsp3) is 0.211. The summed E-state index contributed by atoms with van der Waals surface area (Å²) in [6, 6.07) is 9.64. The average Bonchev–Trinajstić information content (AvgIpc) is 3.11. The highest BCUT2D eigenvalue weighted by Crippen LogP contribution is 2.32. The zero-order chi connectivity index (χ0) is 22.0. The Bertz CT molecular complexity index is 1120. The number of benzene rings is 2. The molecule has 1 aliphatic rings. The third-order valence-corrected chi connectivity index (χ3v) is 5.18. The molecule has 0 bridgehead atoms. The minimum Gasteiger partial charge on any atom is -0.435 e. The molecule has 2 heterocycles. The number of hydrogen-bond acceptors (Lipinski definition) is 6. The van der Waals surface area contributed by atoms with Crippen LogP contribution in [0.5, 0.6) is 11.5 Å². The Morgan fingerprint density at radius 3 is 2.52 bits per heavy atom. The second kappa shape index (κ2) is 8.92. The number of fused-ring (bicyclic) bond motifs is 1. The standard InChI is InChI=1S/C19H13F5N4O2S/c20-13-4-2-1-3-10(13)7-16-25-26-19-28(16)27-14(9-31-19)12-6-5-11(29-17(21)22)8-15(12)30-18(23)24/h1-6,8,17-18H,7,9H2. The zero-order valence-corrected chi connectivity index (χ0v) is 16.3. The lowest BCUT2D eigenvalue weighted by Gasteiger charge is -2.17. The molecule has 0 radical (unpaired) electrons. The molecule has 2 aromatic carbocycles. The lowest BCUT2D eigenvalue weighted by atomic mass is 10.1. The number of hydrogen-bond donors (Lipinski definition) is 0. The largest absolute Gasteiger partial charge is 0.435 e. The van der Waals surface area contributed by atoms with Crippen LogP contribution in [-0.4, -0.2) is 39.6 Å². The molecule has 0 saturated carbocycles. The second-order valence-corrected chi connectivity index (χ2v) is 7.17. The van der Waals surface area contributed by atoms with E-state index in [-0.39, 0.29) is 29.2 Å². The number of ether oxygens (including phenoxy) is 2. The number of alkyl halides is 4. The van der Waals surface area contributed by atoms with E-state index in [4.69, 9.17) is 0 Å². The zero-order valence-electron chi connectivity index (χ0n) is 15.5. The van der Waals surface area contributed by atoms with Crippen molar-refractivity contribution < 1.29 is 31.4 Å². The maximum absolute atomic E-state index is 14.0. The summed E-state index contributed by atoms with van der Waals surface area (Å²) in [6.45, 7) is -6.30. The van der Waals surface area contributed by atoms with Gasteiger partial charge in [0.05, 0.1) is 5.71 Å². The van der Waals surface area contributed by atoms with Gasteiger partial charge in [-0.2, -0.15) is 27.3 Å². The van der Waals surface area contributed by atoms with Crippen molar-refractivity contribution >= 4 is 17.5 Å². The lowest BCUT2D eigenvalue weighted by molar-refractivity contribution is -0.0543. The van der Waals surface area contributed by atoms with Gasteiger partial charge in [0.1, 0.15) is 17.3 Å². The molecule has 12 heteroatoms. The van der Waals surface area contributed by atoms with E-state index < -0.39 is 19.0 Å². The molecular weight excluding hydrogens is 443 g/mol. The first-order chi connectivity index (χ1) is 14.9. The van der Waals surface area contributed by atoms with Gasteiger partial charge in [0.15, 0.2) is 5.82 Å². The SMILES string of the molecule is Fc1ccccc1Cc1nnc2n1N=C(c1ccc(OC(F)F)cc1OC(F)F)CS2. The number of thioether (sulfide) groups is 1. The molecule has 6 nitrogen and oxygen atoms in total. The van der Waals surface area contributed by atoms with Crippen molar-refractivity contribution in [3.05, 3.63) is 65.2 Å². The first-order valence-electron chi connectivity index (χ1n) is 8.83. The number of rotatable bonds is 7. The summed E-state index contributed by atoms with van der Waals surface area (Å²) in [4.78, 5) is 0. The van der Waals surface area contributed by atoms with Gasteiger partial charge in [-0.25, -0.2) is 4.39 Å². The van der Waals surface area contributed by atoms with Crippen molar-refractivity contribution in [2.24, 2.45) is 5.10 Å². The summed E-state index contributed by atoms with van der Waals surface area (Å²) in [5.74, 6) is -0.510. The maximum Gasteiger partial charge on any atom is 0.387 e. The van der Waals surface area contributed by atoms with E-state index in [2.05, 4.69) is 24.8 Å². The molecule has 0 unspecified atom stereocenters. The van der Waals surface area contributed by atoms with Crippen molar-refractivity contribution in [3.8, 4) is 11.5 Å². The van der Waals surface area contributed by atoms with E-state index >= 15 is 0 Å². The van der Waals surface area contributed by atoms with Crippen LogP contribution in [0.4, 0.5) is 22.0 Å². The molecule has 0 spiro atoms. The van der Waals surface area contributed by atoms with E-state index in [9.17, 15) is 22.0 Å². The molecule has 4 rings (SSSR count). The van der Waals surface area contributed by atoms with E-state index in [0.29, 0.717) is 22.3 Å².